The number of carboxylic acid groups (broad SMARTS) is 1. The summed E-state index contributed by atoms with van der Waals surface area (Å²) in [7, 11) is 5.64. The predicted octanol–water partition coefficient (Wildman–Crippen LogP) is 3.24. The van der Waals surface area contributed by atoms with Crippen molar-refractivity contribution >= 4 is 27.8 Å². The molecular weight excluding hydrogens is 558 g/mol. The molecule has 0 atom stereocenters. The van der Waals surface area contributed by atoms with Crippen molar-refractivity contribution in [3.8, 4) is 34.1 Å². The lowest BCUT2D eigenvalue weighted by Gasteiger charge is -2.17. The summed E-state index contributed by atoms with van der Waals surface area (Å²) in [6.07, 6.45) is 1.09. The first-order valence-corrected chi connectivity index (χ1v) is 12.3. The normalized spacial score (nSPS) is 11.2. The van der Waals surface area contributed by atoms with Gasteiger partial charge in [-0.2, -0.15) is 0 Å². The van der Waals surface area contributed by atoms with Crippen LogP contribution in [0.1, 0.15) is 15.9 Å². The number of carboxylic acids is 1. The molecule has 4 aromatic rings. The summed E-state index contributed by atoms with van der Waals surface area (Å²) in [6, 6.07) is 4.48. The quantitative estimate of drug-likeness (QED) is 0.206. The van der Waals surface area contributed by atoms with Gasteiger partial charge in [0.2, 0.25) is 5.43 Å². The first-order chi connectivity index (χ1) is 20.3. The highest BCUT2D eigenvalue weighted by molar-refractivity contribution is 6.07. The second-order valence-corrected chi connectivity index (χ2v) is 8.74. The van der Waals surface area contributed by atoms with E-state index in [9.17, 15) is 19.5 Å². The van der Waals surface area contributed by atoms with Crippen molar-refractivity contribution in [3.05, 3.63) is 56.2 Å². The summed E-state index contributed by atoms with van der Waals surface area (Å²) in [5, 5.41) is 10.3. The Kier molecular flexibility index (Phi) is 9.64. The molecule has 42 heavy (non-hydrogen) atoms. The Morgan fingerprint density at radius 3 is 2.00 bits per heavy atom. The molecule has 0 unspecified atom stereocenters. The van der Waals surface area contributed by atoms with E-state index in [-0.39, 0.29) is 66.5 Å². The number of pyridine rings is 1. The minimum atomic E-state index is -1.49. The van der Waals surface area contributed by atoms with E-state index in [0.717, 1.165) is 6.26 Å². The molecule has 0 bridgehead atoms. The number of H-pyrrole nitrogens is 1. The average Bonchev–Trinajstić information content (AvgIpc) is 2.97. The second-order valence-electron chi connectivity index (χ2n) is 8.74. The maximum Gasteiger partial charge on any atom is 0.340 e. The fourth-order valence-electron chi connectivity index (χ4n) is 4.37. The molecule has 0 spiro atoms. The lowest BCUT2D eigenvalue weighted by Crippen LogP contribution is -2.19. The monoisotopic (exact) mass is 587 g/mol. The molecule has 2 N–H and O–H groups in total. The lowest BCUT2D eigenvalue weighted by molar-refractivity contribution is 0.0310. The van der Waals surface area contributed by atoms with E-state index in [2.05, 4.69) is 4.98 Å². The first kappa shape index (κ1) is 30.3. The molecule has 0 aliphatic carbocycles. The Balaban J connectivity index is 2.00. The predicted molar refractivity (Wildman–Crippen MR) is 148 cm³/mol. The number of benzene rings is 2. The minimum absolute atomic E-state index is 0.0307. The van der Waals surface area contributed by atoms with Crippen molar-refractivity contribution in [1.29, 1.82) is 0 Å². The van der Waals surface area contributed by atoms with Crippen LogP contribution in [0.25, 0.3) is 33.0 Å². The topological polar surface area (TPSA) is 174 Å². The van der Waals surface area contributed by atoms with Crippen LogP contribution in [0, 0.1) is 6.92 Å². The van der Waals surface area contributed by atoms with Crippen molar-refractivity contribution in [2.45, 2.75) is 6.92 Å². The average molecular weight is 588 g/mol. The van der Waals surface area contributed by atoms with E-state index < -0.39 is 22.5 Å². The van der Waals surface area contributed by atoms with Gasteiger partial charge in [0.15, 0.2) is 50.2 Å². The third kappa shape index (κ3) is 5.87. The van der Waals surface area contributed by atoms with E-state index in [4.69, 9.17) is 42.3 Å². The lowest BCUT2D eigenvalue weighted by atomic mass is 9.97. The SMILES string of the molecule is COCOc1cc2[nH]c(=O)c(-c3coc4cc(OCOC)c(OCOC)c(C(=O)O)c4c3=O)c(C)c2cc1OCOC. The Labute approximate surface area is 238 Å². The van der Waals surface area contributed by atoms with Gasteiger partial charge in [0.25, 0.3) is 5.56 Å². The van der Waals surface area contributed by atoms with Crippen LogP contribution >= 0.6 is 0 Å². The molecule has 0 fully saturated rings. The molecule has 224 valence electrons. The Morgan fingerprint density at radius 2 is 1.40 bits per heavy atom. The number of carbonyl (C=O) groups is 1. The van der Waals surface area contributed by atoms with E-state index in [1.807, 2.05) is 0 Å². The Morgan fingerprint density at radius 1 is 0.833 bits per heavy atom. The van der Waals surface area contributed by atoms with Gasteiger partial charge in [-0.1, -0.05) is 0 Å². The van der Waals surface area contributed by atoms with Crippen LogP contribution in [-0.2, 0) is 18.9 Å². The zero-order valence-corrected chi connectivity index (χ0v) is 23.5. The van der Waals surface area contributed by atoms with E-state index in [1.54, 1.807) is 19.1 Å². The van der Waals surface area contributed by atoms with Crippen LogP contribution in [0.2, 0.25) is 0 Å². The maximum atomic E-state index is 13.9. The van der Waals surface area contributed by atoms with E-state index >= 15 is 0 Å². The number of rotatable bonds is 14. The maximum absolute atomic E-state index is 13.9. The number of aromatic nitrogens is 1. The molecule has 4 rings (SSSR count). The fourth-order valence-corrected chi connectivity index (χ4v) is 4.37. The van der Waals surface area contributed by atoms with Crippen molar-refractivity contribution < 1.29 is 52.2 Å². The third-order valence-corrected chi connectivity index (χ3v) is 6.12. The summed E-state index contributed by atoms with van der Waals surface area (Å²) in [5.41, 5.74) is -1.46. The van der Waals surface area contributed by atoms with Crippen LogP contribution in [0.5, 0.6) is 23.0 Å². The number of nitrogens with one attached hydrogen (secondary N) is 1. The van der Waals surface area contributed by atoms with Crippen molar-refractivity contribution in [2.75, 3.05) is 55.6 Å². The van der Waals surface area contributed by atoms with Crippen LogP contribution in [-0.4, -0.2) is 71.7 Å². The van der Waals surface area contributed by atoms with Gasteiger partial charge in [-0.05, 0) is 18.6 Å². The summed E-state index contributed by atoms with van der Waals surface area (Å²) in [6.45, 7) is 0.900. The number of hydrogen-bond acceptors (Lipinski definition) is 12. The summed E-state index contributed by atoms with van der Waals surface area (Å²) < 4.78 is 47.7. The van der Waals surface area contributed by atoms with E-state index in [0.29, 0.717) is 22.2 Å². The van der Waals surface area contributed by atoms with Crippen LogP contribution in [0.4, 0.5) is 0 Å². The highest BCUT2D eigenvalue weighted by Gasteiger charge is 2.27. The van der Waals surface area contributed by atoms with Crippen molar-refractivity contribution in [2.24, 2.45) is 0 Å². The Bertz CT molecular complexity index is 1720. The molecule has 2 heterocycles. The molecule has 0 saturated heterocycles. The molecular formula is C28H29NO13. The number of aromatic amines is 1. The van der Waals surface area contributed by atoms with Crippen LogP contribution < -0.4 is 29.9 Å². The fraction of sp³-hybridized carbons (Fsp3) is 0.321. The molecule has 0 radical (unpaired) electrons. The molecule has 2 aromatic carbocycles. The number of ether oxygens (including phenoxy) is 8. The number of fused-ring (bicyclic) bond motifs is 2. The third-order valence-electron chi connectivity index (χ3n) is 6.12. The summed E-state index contributed by atoms with van der Waals surface area (Å²) in [5.74, 6) is -1.23. The van der Waals surface area contributed by atoms with Crippen LogP contribution in [0.3, 0.4) is 0 Å². The molecule has 0 aliphatic heterocycles. The first-order valence-electron chi connectivity index (χ1n) is 12.3. The molecule has 0 amide bonds. The number of aromatic carboxylic acids is 1. The van der Waals surface area contributed by atoms with Crippen molar-refractivity contribution in [3.63, 3.8) is 0 Å². The summed E-state index contributed by atoms with van der Waals surface area (Å²) >= 11 is 0. The van der Waals surface area contributed by atoms with Gasteiger partial charge < -0.3 is 52.4 Å². The number of hydrogen-bond donors (Lipinski definition) is 2. The summed E-state index contributed by atoms with van der Waals surface area (Å²) in [4.78, 5) is 42.5. The largest absolute Gasteiger partial charge is 0.478 e. The Hall–Kier alpha value is -4.63. The smallest absolute Gasteiger partial charge is 0.340 e. The van der Waals surface area contributed by atoms with E-state index in [1.165, 1.54) is 34.5 Å². The molecule has 2 aromatic heterocycles. The zero-order chi connectivity index (χ0) is 30.4. The molecule has 14 nitrogen and oxygen atoms in total. The molecule has 14 heteroatoms. The zero-order valence-electron chi connectivity index (χ0n) is 23.5. The van der Waals surface area contributed by atoms with Gasteiger partial charge in [0, 0.05) is 46.0 Å². The number of aryl methyl sites for hydroxylation is 1. The highest BCUT2D eigenvalue weighted by atomic mass is 16.7. The number of methoxy groups -OCH3 is 4. The molecule has 0 saturated carbocycles. The standard InChI is InChI=1S/C28H29NO13/c1-14-15-6-18(39-10-34-2)19(40-11-35-3)7-17(15)29-27(31)22(14)16-9-38-20-8-21(41-12-36-4)26(42-13-37-5)24(28(32)33)23(20)25(16)30/h6-9H,10-13H2,1-5H3,(H,29,31)(H,32,33). The highest BCUT2D eigenvalue weighted by Crippen LogP contribution is 2.39. The second kappa shape index (κ2) is 13.4. The van der Waals surface area contributed by atoms with Crippen LogP contribution in [0.15, 0.2) is 38.5 Å². The van der Waals surface area contributed by atoms with Gasteiger partial charge in [0.1, 0.15) is 17.4 Å². The van der Waals surface area contributed by atoms with Gasteiger partial charge in [0.05, 0.1) is 22.0 Å². The minimum Gasteiger partial charge on any atom is -0.478 e. The van der Waals surface area contributed by atoms with Gasteiger partial charge in [-0.15, -0.1) is 0 Å². The van der Waals surface area contributed by atoms with Gasteiger partial charge in [-0.3, -0.25) is 9.59 Å². The van der Waals surface area contributed by atoms with Crippen molar-refractivity contribution in [1.82, 2.24) is 4.98 Å². The molecule has 0 aliphatic rings. The van der Waals surface area contributed by atoms with Gasteiger partial charge >= 0.3 is 5.97 Å². The van der Waals surface area contributed by atoms with Gasteiger partial charge in [-0.25, -0.2) is 4.79 Å².